The Hall–Kier alpha value is -3.70. The van der Waals surface area contributed by atoms with Crippen molar-refractivity contribution in [3.63, 3.8) is 0 Å². The number of nitrogens with one attached hydrogen (secondary N) is 1. The van der Waals surface area contributed by atoms with Crippen molar-refractivity contribution in [3.05, 3.63) is 58.3 Å². The van der Waals surface area contributed by atoms with Crippen molar-refractivity contribution in [2.45, 2.75) is 65.1 Å². The molecule has 0 bridgehead atoms. The van der Waals surface area contributed by atoms with Crippen molar-refractivity contribution in [1.29, 1.82) is 0 Å². The van der Waals surface area contributed by atoms with Crippen LogP contribution in [0, 0.1) is 6.92 Å². The first kappa shape index (κ1) is 31.7. The van der Waals surface area contributed by atoms with E-state index in [1.165, 1.54) is 11.7 Å². The first-order valence-corrected chi connectivity index (χ1v) is 15.0. The lowest BCUT2D eigenvalue weighted by Gasteiger charge is -2.43. The Labute approximate surface area is 257 Å². The molecule has 44 heavy (non-hydrogen) atoms. The van der Waals surface area contributed by atoms with E-state index in [9.17, 15) is 18.4 Å². The van der Waals surface area contributed by atoms with Gasteiger partial charge in [0.25, 0.3) is 6.43 Å². The highest BCUT2D eigenvalue weighted by molar-refractivity contribution is 5.97. The number of alkyl halides is 2. The molecule has 0 amide bonds. The van der Waals surface area contributed by atoms with Gasteiger partial charge in [-0.15, -0.1) is 0 Å². The quantitative estimate of drug-likeness (QED) is 0.325. The van der Waals surface area contributed by atoms with Gasteiger partial charge in [-0.25, -0.2) is 18.4 Å². The summed E-state index contributed by atoms with van der Waals surface area (Å²) in [6.45, 7) is 9.76. The lowest BCUT2D eigenvalue weighted by Crippen LogP contribution is -2.49. The molecule has 1 fully saturated rings. The highest BCUT2D eigenvalue weighted by Gasteiger charge is 2.34. The maximum atomic E-state index is 13.6. The number of fused-ring (bicyclic) bond motifs is 2. The van der Waals surface area contributed by atoms with E-state index in [4.69, 9.17) is 14.2 Å². The van der Waals surface area contributed by atoms with Gasteiger partial charge >= 0.3 is 12.1 Å². The third-order valence-electron chi connectivity index (χ3n) is 8.39. The van der Waals surface area contributed by atoms with E-state index >= 15 is 0 Å². The van der Waals surface area contributed by atoms with E-state index in [2.05, 4.69) is 10.2 Å². The molecule has 0 saturated carbocycles. The zero-order chi connectivity index (χ0) is 31.8. The highest BCUT2D eigenvalue weighted by Crippen LogP contribution is 2.40. The second-order valence-corrected chi connectivity index (χ2v) is 12.5. The molecule has 3 aromatic rings. The molecule has 11 heteroatoms. The lowest BCUT2D eigenvalue weighted by atomic mass is 9.88. The fraction of sp³-hybridized carbons (Fsp3) is 0.515. The number of ether oxygens (including phenoxy) is 3. The summed E-state index contributed by atoms with van der Waals surface area (Å²) in [5.74, 6) is 0.277. The van der Waals surface area contributed by atoms with Crippen molar-refractivity contribution in [2.75, 3.05) is 52.3 Å². The van der Waals surface area contributed by atoms with Crippen LogP contribution in [0.3, 0.4) is 0 Å². The molecule has 3 heterocycles. The third kappa shape index (κ3) is 6.39. The molecule has 5 rings (SSSR count). The second kappa shape index (κ2) is 12.7. The van der Waals surface area contributed by atoms with Crippen LogP contribution in [0.1, 0.15) is 65.8 Å². The van der Waals surface area contributed by atoms with E-state index in [1.807, 2.05) is 50.8 Å². The van der Waals surface area contributed by atoms with E-state index in [0.29, 0.717) is 37.5 Å². The maximum absolute atomic E-state index is 13.6. The Balaban J connectivity index is 1.58. The molecule has 1 aromatic heterocycles. The Morgan fingerprint density at radius 2 is 1.91 bits per heavy atom. The van der Waals surface area contributed by atoms with Gasteiger partial charge in [0.1, 0.15) is 11.4 Å². The van der Waals surface area contributed by atoms with Crippen molar-refractivity contribution in [1.82, 2.24) is 14.4 Å². The number of hydrogen-bond acceptors (Lipinski definition) is 8. The molecular formula is C33H42F2N4O5. The molecule has 0 spiro atoms. The van der Waals surface area contributed by atoms with Gasteiger partial charge in [-0.3, -0.25) is 14.4 Å². The number of carbonyl (C=O) groups excluding carboxylic acids is 2. The molecule has 2 aromatic carbocycles. The maximum Gasteiger partial charge on any atom is 0.419 e. The highest BCUT2D eigenvalue weighted by atomic mass is 19.3. The fourth-order valence-electron chi connectivity index (χ4n) is 6.50. The number of rotatable bonds is 7. The van der Waals surface area contributed by atoms with Gasteiger partial charge in [0, 0.05) is 55.9 Å². The SMILES string of the molecule is COC(=O)c1ccc([C@H]2CN(CC(F)F)CCN2Cc2c(OC)cc(C)c3c2ccn3C(=O)OC(C)(C)C)c2c1NCCC2. The summed E-state index contributed by atoms with van der Waals surface area (Å²) in [6, 6.07) is 7.33. The Bertz CT molecular complexity index is 1550. The van der Waals surface area contributed by atoms with E-state index in [-0.39, 0.29) is 12.6 Å². The predicted octanol–water partition coefficient (Wildman–Crippen LogP) is 6.01. The number of benzene rings is 2. The van der Waals surface area contributed by atoms with Gasteiger partial charge in [-0.1, -0.05) is 6.07 Å². The number of piperazine rings is 1. The number of aryl methyl sites for hydroxylation is 1. The van der Waals surface area contributed by atoms with E-state index in [1.54, 1.807) is 19.4 Å². The average Bonchev–Trinajstić information content (AvgIpc) is 3.43. The molecular weight excluding hydrogens is 570 g/mol. The molecule has 1 saturated heterocycles. The number of halogens is 2. The largest absolute Gasteiger partial charge is 0.496 e. The molecule has 0 aliphatic carbocycles. The Kier molecular flexibility index (Phi) is 9.17. The third-order valence-corrected chi connectivity index (χ3v) is 8.39. The normalized spacial score (nSPS) is 17.8. The van der Waals surface area contributed by atoms with Gasteiger partial charge in [0.2, 0.25) is 0 Å². The fourth-order valence-corrected chi connectivity index (χ4v) is 6.50. The van der Waals surface area contributed by atoms with Crippen molar-refractivity contribution >= 4 is 28.7 Å². The zero-order valence-corrected chi connectivity index (χ0v) is 26.3. The summed E-state index contributed by atoms with van der Waals surface area (Å²) in [6.07, 6.45) is 0.473. The van der Waals surface area contributed by atoms with Crippen LogP contribution in [0.2, 0.25) is 0 Å². The number of nitrogens with zero attached hydrogens (tertiary/aromatic N) is 3. The molecule has 9 nitrogen and oxygen atoms in total. The van der Waals surface area contributed by atoms with Crippen LogP contribution in [0.15, 0.2) is 30.5 Å². The minimum absolute atomic E-state index is 0.225. The van der Waals surface area contributed by atoms with Gasteiger partial charge in [-0.05, 0) is 75.4 Å². The molecule has 0 unspecified atom stereocenters. The van der Waals surface area contributed by atoms with Gasteiger partial charge in [0.15, 0.2) is 0 Å². The predicted molar refractivity (Wildman–Crippen MR) is 165 cm³/mol. The van der Waals surface area contributed by atoms with Crippen LogP contribution in [0.25, 0.3) is 10.9 Å². The topological polar surface area (TPSA) is 85.3 Å². The standard InChI is InChI=1S/C33H42F2N4O5/c1-20-16-27(42-5)25(23-11-13-39(30(20)23)32(41)44-33(2,3)4)17-38-15-14-37(19-28(34)35)18-26(38)21-9-10-24(31(40)43-6)29-22(21)8-7-12-36-29/h9-11,13,16,26,28,36H,7-8,12,14-15,17-19H2,1-6H3/t26-/m1/s1. The van der Waals surface area contributed by atoms with Crippen LogP contribution in [0.4, 0.5) is 19.3 Å². The van der Waals surface area contributed by atoms with Gasteiger partial charge in [0.05, 0.1) is 37.5 Å². The van der Waals surface area contributed by atoms with Crippen LogP contribution < -0.4 is 10.1 Å². The molecule has 1 atom stereocenters. The number of methoxy groups -OCH3 is 2. The molecule has 238 valence electrons. The van der Waals surface area contributed by atoms with Crippen LogP contribution in [-0.4, -0.2) is 85.4 Å². The summed E-state index contributed by atoms with van der Waals surface area (Å²) in [7, 11) is 2.99. The first-order chi connectivity index (χ1) is 20.9. The molecule has 0 radical (unpaired) electrons. The van der Waals surface area contributed by atoms with Gasteiger partial charge in [-0.2, -0.15) is 0 Å². The van der Waals surface area contributed by atoms with Crippen molar-refractivity contribution in [3.8, 4) is 5.75 Å². The van der Waals surface area contributed by atoms with E-state index in [0.717, 1.165) is 58.2 Å². The lowest BCUT2D eigenvalue weighted by molar-refractivity contribution is 0.0243. The zero-order valence-electron chi connectivity index (χ0n) is 26.3. The molecule has 2 aliphatic rings. The van der Waals surface area contributed by atoms with Gasteiger partial charge < -0.3 is 19.5 Å². The van der Waals surface area contributed by atoms with Crippen molar-refractivity contribution < 1.29 is 32.6 Å². The average molecular weight is 613 g/mol. The van der Waals surface area contributed by atoms with Crippen LogP contribution in [0.5, 0.6) is 5.75 Å². The Morgan fingerprint density at radius 3 is 2.59 bits per heavy atom. The van der Waals surface area contributed by atoms with Crippen LogP contribution >= 0.6 is 0 Å². The number of carbonyl (C=O) groups is 2. The number of anilines is 1. The first-order valence-electron chi connectivity index (χ1n) is 15.0. The number of esters is 1. The van der Waals surface area contributed by atoms with Crippen LogP contribution in [-0.2, 0) is 22.4 Å². The monoisotopic (exact) mass is 612 g/mol. The summed E-state index contributed by atoms with van der Waals surface area (Å²) < 4.78 is 45.2. The summed E-state index contributed by atoms with van der Waals surface area (Å²) in [4.78, 5) is 29.8. The van der Waals surface area contributed by atoms with E-state index < -0.39 is 24.1 Å². The molecule has 2 aliphatic heterocycles. The number of hydrogen-bond donors (Lipinski definition) is 1. The minimum atomic E-state index is -2.44. The minimum Gasteiger partial charge on any atom is -0.496 e. The second-order valence-electron chi connectivity index (χ2n) is 12.5. The summed E-state index contributed by atoms with van der Waals surface area (Å²) >= 11 is 0. The Morgan fingerprint density at radius 1 is 1.14 bits per heavy atom. The summed E-state index contributed by atoms with van der Waals surface area (Å²) in [5.41, 5.74) is 5.12. The smallest absolute Gasteiger partial charge is 0.419 e. The molecule has 1 N–H and O–H groups in total. The summed E-state index contributed by atoms with van der Waals surface area (Å²) in [5, 5.41) is 4.26. The number of aromatic nitrogens is 1. The van der Waals surface area contributed by atoms with Crippen molar-refractivity contribution in [2.24, 2.45) is 0 Å².